The molecule has 5 heteroatoms. The van der Waals surface area contributed by atoms with Crippen LogP contribution >= 0.6 is 8.02 Å². The molecule has 2 atom stereocenters. The molecule has 4 rings (SSSR count). The van der Waals surface area contributed by atoms with Gasteiger partial charge in [0.05, 0.1) is 12.2 Å². The number of anilines is 2. The van der Waals surface area contributed by atoms with E-state index in [1.165, 1.54) is 0 Å². The Kier molecular flexibility index (Phi) is 2.62. The maximum absolute atomic E-state index is 6.20. The van der Waals surface area contributed by atoms with Crippen molar-refractivity contribution in [2.24, 2.45) is 0 Å². The van der Waals surface area contributed by atoms with Gasteiger partial charge in [-0.05, 0) is 31.2 Å². The minimum absolute atomic E-state index is 0.160. The third-order valence-corrected chi connectivity index (χ3v) is 6.13. The summed E-state index contributed by atoms with van der Waals surface area (Å²) < 4.78 is 14.6. The van der Waals surface area contributed by atoms with Crippen LogP contribution in [0.1, 0.15) is 6.92 Å². The molecule has 2 aliphatic heterocycles. The van der Waals surface area contributed by atoms with Gasteiger partial charge < -0.3 is 0 Å². The highest BCUT2D eigenvalue weighted by atomic mass is 31.2. The summed E-state index contributed by atoms with van der Waals surface area (Å²) in [6.07, 6.45) is 0.160. The van der Waals surface area contributed by atoms with Crippen molar-refractivity contribution in [3.8, 4) is 5.75 Å². The van der Waals surface area contributed by atoms with Gasteiger partial charge in [0.25, 0.3) is 0 Å². The van der Waals surface area contributed by atoms with E-state index in [0.29, 0.717) is 0 Å². The van der Waals surface area contributed by atoms with Gasteiger partial charge in [0.1, 0.15) is 11.8 Å². The van der Waals surface area contributed by atoms with Crippen molar-refractivity contribution >= 4 is 19.4 Å². The van der Waals surface area contributed by atoms with Crippen molar-refractivity contribution in [2.75, 3.05) is 16.3 Å². The maximum Gasteiger partial charge on any atom is 0.530 e. The molecule has 0 aromatic heterocycles. The highest BCUT2D eigenvalue weighted by molar-refractivity contribution is 7.70. The second kappa shape index (κ2) is 4.37. The average Bonchev–Trinajstić information content (AvgIpc) is 2.90. The van der Waals surface area contributed by atoms with Crippen molar-refractivity contribution in [3.63, 3.8) is 0 Å². The quantitative estimate of drug-likeness (QED) is 0.843. The predicted molar refractivity (Wildman–Crippen MR) is 81.9 cm³/mol. The summed E-state index contributed by atoms with van der Waals surface area (Å²) in [6, 6.07) is 18.2. The van der Waals surface area contributed by atoms with Crippen LogP contribution in [0.15, 0.2) is 54.6 Å². The Labute approximate surface area is 118 Å². The van der Waals surface area contributed by atoms with E-state index < -0.39 is 8.02 Å². The zero-order chi connectivity index (χ0) is 13.6. The minimum Gasteiger partial charge on any atom is -0.268 e. The molecular formula is C15H16N2O2P+. The van der Waals surface area contributed by atoms with Gasteiger partial charge in [0.2, 0.25) is 5.75 Å². The summed E-state index contributed by atoms with van der Waals surface area (Å²) in [6.45, 7) is 2.93. The first kappa shape index (κ1) is 12.0. The fourth-order valence-corrected chi connectivity index (χ4v) is 5.48. The van der Waals surface area contributed by atoms with Gasteiger partial charge in [-0.1, -0.05) is 30.3 Å². The van der Waals surface area contributed by atoms with Crippen LogP contribution < -0.4 is 14.3 Å². The summed E-state index contributed by atoms with van der Waals surface area (Å²) in [7, 11) is -2.28. The van der Waals surface area contributed by atoms with E-state index in [9.17, 15) is 0 Å². The molecule has 102 valence electrons. The third-order valence-electron chi connectivity index (χ3n) is 3.48. The summed E-state index contributed by atoms with van der Waals surface area (Å²) in [5, 5.41) is 3.49. The van der Waals surface area contributed by atoms with Gasteiger partial charge >= 0.3 is 8.02 Å². The molecule has 4 nitrogen and oxygen atoms in total. The lowest BCUT2D eigenvalue weighted by atomic mass is 10.3. The Hall–Kier alpha value is -1.77. The van der Waals surface area contributed by atoms with E-state index in [-0.39, 0.29) is 6.10 Å². The molecule has 0 amide bonds. The number of hydrogen-bond donors (Lipinski definition) is 1. The van der Waals surface area contributed by atoms with Crippen LogP contribution in [0.2, 0.25) is 0 Å². The van der Waals surface area contributed by atoms with Crippen molar-refractivity contribution in [1.82, 2.24) is 0 Å². The highest BCUT2D eigenvalue weighted by Gasteiger charge is 2.65. The lowest BCUT2D eigenvalue weighted by molar-refractivity contribution is 0.255. The molecule has 2 aliphatic rings. The smallest absolute Gasteiger partial charge is 0.268 e. The van der Waals surface area contributed by atoms with Crippen LogP contribution in [-0.4, -0.2) is 12.6 Å². The van der Waals surface area contributed by atoms with Crippen LogP contribution in [0.4, 0.5) is 11.4 Å². The molecule has 1 saturated heterocycles. The number of nitrogens with zero attached hydrogens (tertiary/aromatic N) is 1. The van der Waals surface area contributed by atoms with E-state index in [1.54, 1.807) is 0 Å². The zero-order valence-corrected chi connectivity index (χ0v) is 12.1. The number of nitrogens with one attached hydrogen (secondary N) is 1. The van der Waals surface area contributed by atoms with Crippen LogP contribution in [0.25, 0.3) is 0 Å². The number of fused-ring (bicyclic) bond motifs is 3. The van der Waals surface area contributed by atoms with Gasteiger partial charge in [-0.15, -0.1) is 0 Å². The van der Waals surface area contributed by atoms with Gasteiger partial charge in [0, 0.05) is 0 Å². The Bertz CT molecular complexity index is 637. The molecule has 1 N–H and O–H groups in total. The molecule has 2 aromatic carbocycles. The van der Waals surface area contributed by atoms with Crippen LogP contribution in [0.5, 0.6) is 5.75 Å². The molecule has 20 heavy (non-hydrogen) atoms. The van der Waals surface area contributed by atoms with E-state index in [0.717, 1.165) is 23.7 Å². The molecule has 0 spiro atoms. The highest BCUT2D eigenvalue weighted by Crippen LogP contribution is 2.73. The van der Waals surface area contributed by atoms with Crippen molar-refractivity contribution in [3.05, 3.63) is 54.6 Å². The zero-order valence-electron chi connectivity index (χ0n) is 11.2. The van der Waals surface area contributed by atoms with Crippen molar-refractivity contribution < 1.29 is 9.05 Å². The van der Waals surface area contributed by atoms with Gasteiger partial charge in [-0.2, -0.15) is 14.3 Å². The van der Waals surface area contributed by atoms with Gasteiger partial charge in [0.15, 0.2) is 0 Å². The second-order valence-electron chi connectivity index (χ2n) is 5.06. The Morgan fingerprint density at radius 1 is 1.10 bits per heavy atom. The molecule has 2 heterocycles. The van der Waals surface area contributed by atoms with Crippen molar-refractivity contribution in [1.29, 1.82) is 0 Å². The molecule has 0 radical (unpaired) electrons. The van der Waals surface area contributed by atoms with E-state index in [1.807, 2.05) is 48.5 Å². The summed E-state index contributed by atoms with van der Waals surface area (Å²) in [5.41, 5.74) is 2.14. The van der Waals surface area contributed by atoms with Crippen LogP contribution in [0.3, 0.4) is 0 Å². The predicted octanol–water partition coefficient (Wildman–Crippen LogP) is 4.09. The van der Waals surface area contributed by atoms with Crippen LogP contribution in [-0.2, 0) is 4.52 Å². The molecule has 1 fully saturated rings. The molecule has 0 bridgehead atoms. The maximum atomic E-state index is 6.20. The van der Waals surface area contributed by atoms with E-state index in [4.69, 9.17) is 9.05 Å². The number of rotatable bonds is 2. The molecule has 2 aromatic rings. The fourth-order valence-electron chi connectivity index (χ4n) is 2.66. The second-order valence-corrected chi connectivity index (χ2v) is 7.20. The molecule has 0 aliphatic carbocycles. The fraction of sp³-hybridized carbons (Fsp3) is 0.200. The lowest BCUT2D eigenvalue weighted by Crippen LogP contribution is -2.22. The minimum atomic E-state index is -2.28. The average molecular weight is 287 g/mol. The van der Waals surface area contributed by atoms with Crippen molar-refractivity contribution in [2.45, 2.75) is 13.0 Å². The SMILES string of the molecule is CC1CN2c3ccccc3O[P+]2(Nc2ccccc2)O1. The third kappa shape index (κ3) is 1.76. The molecule has 2 unspecified atom stereocenters. The lowest BCUT2D eigenvalue weighted by Gasteiger charge is -2.19. The number of benzene rings is 2. The Balaban J connectivity index is 1.73. The first-order valence-electron chi connectivity index (χ1n) is 6.74. The first-order valence-corrected chi connectivity index (χ1v) is 8.32. The monoisotopic (exact) mass is 287 g/mol. The van der Waals surface area contributed by atoms with Gasteiger partial charge in [-0.25, -0.2) is 0 Å². The summed E-state index contributed by atoms with van der Waals surface area (Å²) >= 11 is 0. The van der Waals surface area contributed by atoms with Gasteiger partial charge in [-0.3, -0.25) is 4.52 Å². The van der Waals surface area contributed by atoms with E-state index >= 15 is 0 Å². The molecule has 0 saturated carbocycles. The number of para-hydroxylation sites is 3. The summed E-state index contributed by atoms with van der Waals surface area (Å²) in [5.74, 6) is 0.899. The first-order chi connectivity index (χ1) is 9.77. The topological polar surface area (TPSA) is 33.7 Å². The standard InChI is InChI=1S/C15H16N2O2P/c1-12-11-17-14-9-5-6-10-15(14)19-20(17,18-12)16-13-7-3-2-4-8-13/h2-10,12,16H,11H2,1H3/q+1. The Morgan fingerprint density at radius 2 is 1.85 bits per heavy atom. The summed E-state index contributed by atoms with van der Waals surface area (Å²) in [4.78, 5) is 0. The number of hydrogen-bond acceptors (Lipinski definition) is 4. The normalized spacial score (nSPS) is 26.9. The van der Waals surface area contributed by atoms with Crippen LogP contribution in [0, 0.1) is 0 Å². The Morgan fingerprint density at radius 3 is 2.70 bits per heavy atom. The molecular weight excluding hydrogens is 271 g/mol. The largest absolute Gasteiger partial charge is 0.530 e. The van der Waals surface area contributed by atoms with E-state index in [2.05, 4.69) is 22.7 Å².